The van der Waals surface area contributed by atoms with E-state index in [0.717, 1.165) is 0 Å². The molecule has 0 spiro atoms. The minimum atomic E-state index is -3.87. The first-order valence-corrected chi connectivity index (χ1v) is 6.37. The first-order valence-electron chi connectivity index (χ1n) is 4.89. The predicted molar refractivity (Wildman–Crippen MR) is 65.1 cm³/mol. The van der Waals surface area contributed by atoms with Crippen LogP contribution >= 0.6 is 0 Å². The number of amides is 2. The lowest BCUT2D eigenvalue weighted by Gasteiger charge is -2.12. The van der Waals surface area contributed by atoms with Gasteiger partial charge in [-0.3, -0.25) is 0 Å². The summed E-state index contributed by atoms with van der Waals surface area (Å²) in [7, 11) is -2.53. The third-order valence-corrected chi connectivity index (χ3v) is 3.84. The van der Waals surface area contributed by atoms with Gasteiger partial charge >= 0.3 is 6.03 Å². The number of nitrogens with one attached hydrogen (secondary N) is 2. The summed E-state index contributed by atoms with van der Waals surface area (Å²) in [6.07, 6.45) is 0. The molecule has 0 aliphatic carbocycles. The minimum Gasteiger partial charge on any atom is -0.399 e. The van der Waals surface area contributed by atoms with Gasteiger partial charge in [0.2, 0.25) is 0 Å². The molecule has 0 atom stereocenters. The number of nitrogens with two attached hydrogens (primary N) is 1. The van der Waals surface area contributed by atoms with Crippen molar-refractivity contribution < 1.29 is 13.2 Å². The number of hydrogen-bond acceptors (Lipinski definition) is 4. The fraction of sp³-hybridized carbons (Fsp3) is 0.300. The predicted octanol–water partition coefficient (Wildman–Crippen LogP) is 0.503. The molecule has 1 aromatic carbocycles. The summed E-state index contributed by atoms with van der Waals surface area (Å²) in [5.74, 6) is 0. The Morgan fingerprint density at radius 1 is 1.24 bits per heavy atom. The molecule has 7 heteroatoms. The maximum Gasteiger partial charge on any atom is 0.328 e. The van der Waals surface area contributed by atoms with Crippen molar-refractivity contribution >= 4 is 21.7 Å². The number of hydrogen-bond donors (Lipinski definition) is 3. The Morgan fingerprint density at radius 2 is 1.71 bits per heavy atom. The molecular weight excluding hydrogens is 242 g/mol. The van der Waals surface area contributed by atoms with Crippen LogP contribution in [0.15, 0.2) is 17.0 Å². The van der Waals surface area contributed by atoms with E-state index in [0.29, 0.717) is 16.8 Å². The molecule has 0 fully saturated rings. The Hall–Kier alpha value is -1.76. The van der Waals surface area contributed by atoms with Crippen molar-refractivity contribution in [3.05, 3.63) is 23.3 Å². The third-order valence-electron chi connectivity index (χ3n) is 2.21. The molecule has 0 bridgehead atoms. The van der Waals surface area contributed by atoms with Crippen molar-refractivity contribution in [1.82, 2.24) is 10.0 Å². The van der Waals surface area contributed by atoms with Crippen LogP contribution in [0.4, 0.5) is 10.5 Å². The van der Waals surface area contributed by atoms with E-state index in [9.17, 15) is 13.2 Å². The Labute approximate surface area is 100 Å². The molecule has 1 aromatic rings. The minimum absolute atomic E-state index is 0.0790. The second-order valence-corrected chi connectivity index (χ2v) is 5.29. The van der Waals surface area contributed by atoms with Gasteiger partial charge in [-0.2, -0.15) is 0 Å². The average Bonchev–Trinajstić information content (AvgIpc) is 2.14. The van der Waals surface area contributed by atoms with E-state index in [1.807, 2.05) is 4.72 Å². The lowest BCUT2D eigenvalue weighted by atomic mass is 10.1. The lowest BCUT2D eigenvalue weighted by molar-refractivity contribution is 0.248. The molecule has 1 rings (SSSR count). The molecule has 4 N–H and O–H groups in total. The fourth-order valence-corrected chi connectivity index (χ4v) is 3.05. The molecule has 6 nitrogen and oxygen atoms in total. The van der Waals surface area contributed by atoms with E-state index in [4.69, 9.17) is 5.73 Å². The lowest BCUT2D eigenvalue weighted by Crippen LogP contribution is -2.37. The molecule has 17 heavy (non-hydrogen) atoms. The molecule has 0 heterocycles. The van der Waals surface area contributed by atoms with Gasteiger partial charge < -0.3 is 11.1 Å². The van der Waals surface area contributed by atoms with E-state index in [2.05, 4.69) is 5.32 Å². The number of aryl methyl sites for hydroxylation is 2. The van der Waals surface area contributed by atoms with Crippen LogP contribution in [0.25, 0.3) is 0 Å². The number of sulfonamides is 1. The van der Waals surface area contributed by atoms with Crippen LogP contribution in [0.1, 0.15) is 11.1 Å². The van der Waals surface area contributed by atoms with Crippen LogP contribution in [-0.4, -0.2) is 21.5 Å². The number of carbonyl (C=O) groups excluding carboxylic acids is 1. The summed E-state index contributed by atoms with van der Waals surface area (Å²) in [6, 6.07) is 2.32. The Morgan fingerprint density at radius 3 is 2.12 bits per heavy atom. The summed E-state index contributed by atoms with van der Waals surface area (Å²) in [6.45, 7) is 3.25. The van der Waals surface area contributed by atoms with Crippen molar-refractivity contribution in [3.63, 3.8) is 0 Å². The standard InChI is InChI=1S/C10H15N3O3S/c1-6-4-8(11)5-7(2)9(6)17(15,16)13-10(14)12-3/h4-5H,11H2,1-3H3,(H2,12,13,14). The second-order valence-electron chi connectivity index (χ2n) is 3.67. The number of carbonyl (C=O) groups is 1. The van der Waals surface area contributed by atoms with E-state index in [1.54, 1.807) is 26.0 Å². The van der Waals surface area contributed by atoms with Crippen molar-refractivity contribution in [2.75, 3.05) is 12.8 Å². The first kappa shape index (κ1) is 13.3. The van der Waals surface area contributed by atoms with E-state index < -0.39 is 16.1 Å². The summed E-state index contributed by atoms with van der Waals surface area (Å²) in [4.78, 5) is 11.1. The van der Waals surface area contributed by atoms with E-state index >= 15 is 0 Å². The summed E-state index contributed by atoms with van der Waals surface area (Å²) in [5, 5.41) is 2.19. The van der Waals surface area contributed by atoms with Crippen LogP contribution < -0.4 is 15.8 Å². The van der Waals surface area contributed by atoms with Gasteiger partial charge in [0.25, 0.3) is 10.0 Å². The van der Waals surface area contributed by atoms with Crippen LogP contribution in [0.3, 0.4) is 0 Å². The Bertz CT molecular complexity index is 529. The number of anilines is 1. The van der Waals surface area contributed by atoms with Gasteiger partial charge in [0.1, 0.15) is 0 Å². The zero-order valence-corrected chi connectivity index (χ0v) is 10.7. The smallest absolute Gasteiger partial charge is 0.328 e. The van der Waals surface area contributed by atoms with Gasteiger partial charge in [0, 0.05) is 12.7 Å². The summed E-state index contributed by atoms with van der Waals surface area (Å²) in [5.41, 5.74) is 7.09. The maximum absolute atomic E-state index is 11.9. The van der Waals surface area contributed by atoms with E-state index in [-0.39, 0.29) is 4.90 Å². The molecule has 0 saturated heterocycles. The Balaban J connectivity index is 3.29. The summed E-state index contributed by atoms with van der Waals surface area (Å²) >= 11 is 0. The topological polar surface area (TPSA) is 101 Å². The molecule has 0 radical (unpaired) electrons. The van der Waals surface area contributed by atoms with Gasteiger partial charge in [-0.15, -0.1) is 0 Å². The SMILES string of the molecule is CNC(=O)NS(=O)(=O)c1c(C)cc(N)cc1C. The van der Waals surface area contributed by atoms with Crippen LogP contribution in [0.2, 0.25) is 0 Å². The summed E-state index contributed by atoms with van der Waals surface area (Å²) < 4.78 is 25.8. The number of urea groups is 1. The highest BCUT2D eigenvalue weighted by atomic mass is 32.2. The van der Waals surface area contributed by atoms with Gasteiger partial charge in [-0.25, -0.2) is 17.9 Å². The number of rotatable bonds is 2. The van der Waals surface area contributed by atoms with Gasteiger partial charge in [0.05, 0.1) is 4.90 Å². The van der Waals surface area contributed by atoms with Crippen LogP contribution in [0, 0.1) is 13.8 Å². The monoisotopic (exact) mass is 257 g/mol. The molecule has 2 amide bonds. The highest BCUT2D eigenvalue weighted by Crippen LogP contribution is 2.22. The van der Waals surface area contributed by atoms with Gasteiger partial charge in [-0.1, -0.05) is 0 Å². The average molecular weight is 257 g/mol. The molecule has 0 aromatic heterocycles. The molecule has 0 aliphatic rings. The van der Waals surface area contributed by atoms with E-state index in [1.165, 1.54) is 7.05 Å². The maximum atomic E-state index is 11.9. The van der Waals surface area contributed by atoms with Gasteiger partial charge in [0.15, 0.2) is 0 Å². The highest BCUT2D eigenvalue weighted by Gasteiger charge is 2.21. The van der Waals surface area contributed by atoms with Gasteiger partial charge in [-0.05, 0) is 37.1 Å². The zero-order chi connectivity index (χ0) is 13.2. The van der Waals surface area contributed by atoms with Crippen molar-refractivity contribution in [1.29, 1.82) is 0 Å². The fourth-order valence-electron chi connectivity index (χ4n) is 1.63. The quantitative estimate of drug-likeness (QED) is 0.671. The molecule has 0 unspecified atom stereocenters. The number of benzene rings is 1. The largest absolute Gasteiger partial charge is 0.399 e. The highest BCUT2D eigenvalue weighted by molar-refractivity contribution is 7.90. The molecule has 0 saturated carbocycles. The van der Waals surface area contributed by atoms with Crippen molar-refractivity contribution in [3.8, 4) is 0 Å². The van der Waals surface area contributed by atoms with Crippen LogP contribution in [0.5, 0.6) is 0 Å². The van der Waals surface area contributed by atoms with Crippen molar-refractivity contribution in [2.45, 2.75) is 18.7 Å². The number of nitrogen functional groups attached to an aromatic ring is 1. The molecular formula is C10H15N3O3S. The molecule has 0 aliphatic heterocycles. The van der Waals surface area contributed by atoms with Crippen molar-refractivity contribution in [2.24, 2.45) is 0 Å². The second kappa shape index (κ2) is 4.62. The van der Waals surface area contributed by atoms with Crippen LogP contribution in [-0.2, 0) is 10.0 Å². The molecule has 94 valence electrons. The normalized spacial score (nSPS) is 11.0. The zero-order valence-electron chi connectivity index (χ0n) is 9.87. The third kappa shape index (κ3) is 2.88. The first-order chi connectivity index (χ1) is 7.77. The Kier molecular flexibility index (Phi) is 3.62.